The Labute approximate surface area is 133 Å². The first-order valence-corrected chi connectivity index (χ1v) is 7.43. The van der Waals surface area contributed by atoms with Crippen molar-refractivity contribution in [2.24, 2.45) is 0 Å². The molecule has 1 aromatic carbocycles. The van der Waals surface area contributed by atoms with Crippen LogP contribution in [0.2, 0.25) is 0 Å². The Kier molecular flexibility index (Phi) is 6.61. The van der Waals surface area contributed by atoms with Gasteiger partial charge in [-0.25, -0.2) is 9.18 Å². The Balaban J connectivity index is 2.84. The van der Waals surface area contributed by atoms with Gasteiger partial charge in [0.05, 0.1) is 13.2 Å². The first kappa shape index (κ1) is 17.9. The Morgan fingerprint density at radius 3 is 2.57 bits per heavy atom. The van der Waals surface area contributed by atoms with E-state index in [9.17, 15) is 9.18 Å². The summed E-state index contributed by atoms with van der Waals surface area (Å²) in [6.45, 7) is 6.56. The van der Waals surface area contributed by atoms with Crippen LogP contribution in [0, 0.1) is 5.82 Å². The van der Waals surface area contributed by atoms with Crippen LogP contribution in [-0.2, 0) is 16.0 Å². The molecule has 21 heavy (non-hydrogen) atoms. The van der Waals surface area contributed by atoms with Crippen LogP contribution in [0.1, 0.15) is 26.3 Å². The van der Waals surface area contributed by atoms with E-state index < -0.39 is 11.7 Å². The fourth-order valence-electron chi connectivity index (χ4n) is 1.62. The zero-order chi connectivity index (χ0) is 16.0. The number of nitrogens with zero attached hydrogens (tertiary/aromatic N) is 1. The summed E-state index contributed by atoms with van der Waals surface area (Å²) in [6, 6.07) is 4.38. The van der Waals surface area contributed by atoms with Crippen LogP contribution >= 0.6 is 15.9 Å². The highest BCUT2D eigenvalue weighted by atomic mass is 79.9. The number of carbonyl (C=O) groups is 1. The minimum absolute atomic E-state index is 0.319. The van der Waals surface area contributed by atoms with Crippen LogP contribution in [0.25, 0.3) is 0 Å². The predicted molar refractivity (Wildman–Crippen MR) is 82.6 cm³/mol. The molecular weight excluding hydrogens is 341 g/mol. The van der Waals surface area contributed by atoms with Gasteiger partial charge in [0.25, 0.3) is 0 Å². The topological polar surface area (TPSA) is 38.8 Å². The highest BCUT2D eigenvalue weighted by Crippen LogP contribution is 2.21. The van der Waals surface area contributed by atoms with Crippen molar-refractivity contribution in [2.45, 2.75) is 32.9 Å². The first-order valence-electron chi connectivity index (χ1n) is 6.63. The van der Waals surface area contributed by atoms with E-state index in [0.29, 0.717) is 24.2 Å². The molecule has 0 fully saturated rings. The molecule has 0 spiro atoms. The quantitative estimate of drug-likeness (QED) is 0.796. The smallest absolute Gasteiger partial charge is 0.410 e. The van der Waals surface area contributed by atoms with E-state index in [0.717, 1.165) is 5.56 Å². The summed E-state index contributed by atoms with van der Waals surface area (Å²) in [5.74, 6) is -0.327. The molecule has 0 saturated heterocycles. The molecule has 6 heteroatoms. The molecule has 118 valence electrons. The molecule has 0 aliphatic carbocycles. The van der Waals surface area contributed by atoms with E-state index in [4.69, 9.17) is 9.47 Å². The summed E-state index contributed by atoms with van der Waals surface area (Å²) in [6.07, 6.45) is -0.421. The third-order valence-corrected chi connectivity index (χ3v) is 3.33. The molecule has 1 rings (SSSR count). The second kappa shape index (κ2) is 7.75. The molecule has 0 atom stereocenters. The van der Waals surface area contributed by atoms with Gasteiger partial charge in [0, 0.05) is 18.1 Å². The molecular formula is C15H21BrFNO3. The molecule has 0 saturated carbocycles. The molecule has 0 bridgehead atoms. The van der Waals surface area contributed by atoms with Gasteiger partial charge < -0.3 is 14.4 Å². The van der Waals surface area contributed by atoms with Crippen molar-refractivity contribution >= 4 is 22.0 Å². The second-order valence-corrected chi connectivity index (χ2v) is 6.48. The van der Waals surface area contributed by atoms with Gasteiger partial charge in [-0.3, -0.25) is 0 Å². The van der Waals surface area contributed by atoms with Crippen molar-refractivity contribution in [3.63, 3.8) is 0 Å². The van der Waals surface area contributed by atoms with Crippen molar-refractivity contribution in [1.29, 1.82) is 0 Å². The number of carbonyl (C=O) groups excluding carboxylic acids is 1. The fraction of sp³-hybridized carbons (Fsp3) is 0.533. The molecule has 1 aromatic rings. The Morgan fingerprint density at radius 1 is 1.38 bits per heavy atom. The number of rotatable bonds is 5. The molecule has 0 aromatic heterocycles. The van der Waals surface area contributed by atoms with Crippen molar-refractivity contribution in [3.05, 3.63) is 34.1 Å². The molecule has 0 radical (unpaired) electrons. The first-order chi connectivity index (χ1) is 9.73. The van der Waals surface area contributed by atoms with Crippen LogP contribution in [-0.4, -0.2) is 36.9 Å². The lowest BCUT2D eigenvalue weighted by Crippen LogP contribution is -2.38. The minimum atomic E-state index is -0.567. The summed E-state index contributed by atoms with van der Waals surface area (Å²) in [5, 5.41) is 0. The SMILES string of the molecule is COCCN(Cc1ccc(F)cc1Br)C(=O)OC(C)(C)C. The van der Waals surface area contributed by atoms with Crippen LogP contribution in [0.15, 0.2) is 22.7 Å². The Hall–Kier alpha value is -1.14. The van der Waals surface area contributed by atoms with Gasteiger partial charge in [-0.15, -0.1) is 0 Å². The van der Waals surface area contributed by atoms with Crippen molar-refractivity contribution in [2.75, 3.05) is 20.3 Å². The molecule has 0 heterocycles. The summed E-state index contributed by atoms with van der Waals surface area (Å²) in [4.78, 5) is 13.7. The lowest BCUT2D eigenvalue weighted by molar-refractivity contribution is 0.0183. The summed E-state index contributed by atoms with van der Waals surface area (Å²) < 4.78 is 24.1. The molecule has 4 nitrogen and oxygen atoms in total. The number of amides is 1. The zero-order valence-electron chi connectivity index (χ0n) is 12.8. The number of benzene rings is 1. The van der Waals surface area contributed by atoms with E-state index in [2.05, 4.69) is 15.9 Å². The maximum atomic E-state index is 13.1. The summed E-state index contributed by atoms with van der Waals surface area (Å²) in [5.41, 5.74) is 0.237. The molecule has 0 aliphatic rings. The van der Waals surface area contributed by atoms with E-state index in [1.165, 1.54) is 17.0 Å². The molecule has 0 aliphatic heterocycles. The lowest BCUT2D eigenvalue weighted by atomic mass is 10.2. The number of methoxy groups -OCH3 is 1. The predicted octanol–water partition coefficient (Wildman–Crippen LogP) is 3.97. The number of ether oxygens (including phenoxy) is 2. The van der Waals surface area contributed by atoms with Gasteiger partial charge in [0.15, 0.2) is 0 Å². The van der Waals surface area contributed by atoms with E-state index >= 15 is 0 Å². The normalized spacial score (nSPS) is 11.3. The van der Waals surface area contributed by atoms with Crippen molar-refractivity contribution in [1.82, 2.24) is 4.90 Å². The van der Waals surface area contributed by atoms with Gasteiger partial charge >= 0.3 is 6.09 Å². The standard InChI is InChI=1S/C15H21BrFNO3/c1-15(2,3)21-14(19)18(7-8-20-4)10-11-5-6-12(17)9-13(11)16/h5-6,9H,7-8,10H2,1-4H3. The molecule has 0 unspecified atom stereocenters. The fourth-order valence-corrected chi connectivity index (χ4v) is 2.09. The van der Waals surface area contributed by atoms with Gasteiger partial charge in [-0.05, 0) is 38.5 Å². The third-order valence-electron chi connectivity index (χ3n) is 2.59. The van der Waals surface area contributed by atoms with E-state index in [-0.39, 0.29) is 5.82 Å². The largest absolute Gasteiger partial charge is 0.444 e. The molecule has 0 N–H and O–H groups in total. The maximum absolute atomic E-state index is 13.1. The van der Waals surface area contributed by atoms with Crippen LogP contribution in [0.3, 0.4) is 0 Å². The number of hydrogen-bond donors (Lipinski definition) is 0. The zero-order valence-corrected chi connectivity index (χ0v) is 14.4. The minimum Gasteiger partial charge on any atom is -0.444 e. The van der Waals surface area contributed by atoms with Crippen molar-refractivity contribution < 1.29 is 18.7 Å². The van der Waals surface area contributed by atoms with Crippen LogP contribution in [0.5, 0.6) is 0 Å². The van der Waals surface area contributed by atoms with E-state index in [1.54, 1.807) is 13.2 Å². The Morgan fingerprint density at radius 2 is 2.05 bits per heavy atom. The average Bonchev–Trinajstić information content (AvgIpc) is 2.34. The van der Waals surface area contributed by atoms with E-state index in [1.807, 2.05) is 20.8 Å². The van der Waals surface area contributed by atoms with Crippen LogP contribution < -0.4 is 0 Å². The van der Waals surface area contributed by atoms with Gasteiger partial charge in [-0.1, -0.05) is 22.0 Å². The van der Waals surface area contributed by atoms with Gasteiger partial charge in [0.2, 0.25) is 0 Å². The van der Waals surface area contributed by atoms with Gasteiger partial charge in [-0.2, -0.15) is 0 Å². The monoisotopic (exact) mass is 361 g/mol. The lowest BCUT2D eigenvalue weighted by Gasteiger charge is -2.27. The molecule has 1 amide bonds. The second-order valence-electron chi connectivity index (χ2n) is 5.63. The number of halogens is 2. The highest BCUT2D eigenvalue weighted by molar-refractivity contribution is 9.10. The maximum Gasteiger partial charge on any atom is 0.410 e. The number of hydrogen-bond acceptors (Lipinski definition) is 3. The van der Waals surface area contributed by atoms with Crippen molar-refractivity contribution in [3.8, 4) is 0 Å². The summed E-state index contributed by atoms with van der Waals surface area (Å²) >= 11 is 3.30. The Bertz CT molecular complexity index is 488. The average molecular weight is 362 g/mol. The highest BCUT2D eigenvalue weighted by Gasteiger charge is 2.22. The van der Waals surface area contributed by atoms with Gasteiger partial charge in [0.1, 0.15) is 11.4 Å². The van der Waals surface area contributed by atoms with Crippen LogP contribution in [0.4, 0.5) is 9.18 Å². The summed E-state index contributed by atoms with van der Waals surface area (Å²) in [7, 11) is 1.57. The third kappa shape index (κ3) is 6.44.